The van der Waals surface area contributed by atoms with E-state index in [0.29, 0.717) is 15.9 Å². The molecule has 0 radical (unpaired) electrons. The van der Waals surface area contributed by atoms with E-state index in [2.05, 4.69) is 31.4 Å². The number of nitrogens with zero attached hydrogens (tertiary/aromatic N) is 2. The standard InChI is InChI=1S/C12H8BrCl2N3/c13-9-2-4-10(5-3-9)18-16-7-8-1-6-11(14)17-12(8)15/h1-7,18H. The van der Waals surface area contributed by atoms with Gasteiger partial charge in [0.05, 0.1) is 11.9 Å². The van der Waals surface area contributed by atoms with Crippen LogP contribution in [-0.2, 0) is 0 Å². The van der Waals surface area contributed by atoms with Crippen molar-refractivity contribution in [3.63, 3.8) is 0 Å². The smallest absolute Gasteiger partial charge is 0.139 e. The van der Waals surface area contributed by atoms with Crippen LogP contribution in [0.4, 0.5) is 5.69 Å². The van der Waals surface area contributed by atoms with Crippen molar-refractivity contribution in [2.24, 2.45) is 5.10 Å². The molecule has 3 nitrogen and oxygen atoms in total. The molecule has 0 bridgehead atoms. The molecule has 0 unspecified atom stereocenters. The Balaban J connectivity index is 2.05. The van der Waals surface area contributed by atoms with Crippen LogP contribution in [0.3, 0.4) is 0 Å². The van der Waals surface area contributed by atoms with Gasteiger partial charge in [-0.3, -0.25) is 5.43 Å². The molecular formula is C12H8BrCl2N3. The molecule has 1 N–H and O–H groups in total. The van der Waals surface area contributed by atoms with Crippen molar-refractivity contribution in [3.8, 4) is 0 Å². The Hall–Kier alpha value is -1.10. The zero-order valence-electron chi connectivity index (χ0n) is 9.07. The van der Waals surface area contributed by atoms with E-state index in [4.69, 9.17) is 23.2 Å². The van der Waals surface area contributed by atoms with Crippen LogP contribution < -0.4 is 5.43 Å². The summed E-state index contributed by atoms with van der Waals surface area (Å²) in [6.45, 7) is 0. The molecule has 2 aromatic rings. The monoisotopic (exact) mass is 343 g/mol. The maximum atomic E-state index is 5.91. The molecule has 1 aromatic heterocycles. The fourth-order valence-electron chi connectivity index (χ4n) is 1.22. The fraction of sp³-hybridized carbons (Fsp3) is 0. The number of hydrogen-bond acceptors (Lipinski definition) is 3. The van der Waals surface area contributed by atoms with Gasteiger partial charge < -0.3 is 0 Å². The third kappa shape index (κ3) is 3.70. The van der Waals surface area contributed by atoms with Gasteiger partial charge in [-0.2, -0.15) is 5.10 Å². The van der Waals surface area contributed by atoms with Crippen molar-refractivity contribution >= 4 is 51.0 Å². The number of pyridine rings is 1. The lowest BCUT2D eigenvalue weighted by Crippen LogP contribution is -1.92. The van der Waals surface area contributed by atoms with Crippen molar-refractivity contribution < 1.29 is 0 Å². The molecule has 1 aromatic carbocycles. The Morgan fingerprint density at radius 1 is 1.11 bits per heavy atom. The third-order valence-corrected chi connectivity index (χ3v) is 3.13. The van der Waals surface area contributed by atoms with E-state index in [0.717, 1.165) is 10.2 Å². The van der Waals surface area contributed by atoms with Gasteiger partial charge in [0.1, 0.15) is 10.3 Å². The number of benzene rings is 1. The topological polar surface area (TPSA) is 37.3 Å². The van der Waals surface area contributed by atoms with Crippen molar-refractivity contribution in [2.75, 3.05) is 5.43 Å². The van der Waals surface area contributed by atoms with Crippen LogP contribution in [0.1, 0.15) is 5.56 Å². The van der Waals surface area contributed by atoms with E-state index in [-0.39, 0.29) is 0 Å². The van der Waals surface area contributed by atoms with Crippen LogP contribution in [0.2, 0.25) is 10.3 Å². The number of hydrogen-bond donors (Lipinski definition) is 1. The maximum Gasteiger partial charge on any atom is 0.139 e. The first kappa shape index (κ1) is 13.3. The zero-order chi connectivity index (χ0) is 13.0. The minimum atomic E-state index is 0.323. The summed E-state index contributed by atoms with van der Waals surface area (Å²) in [7, 11) is 0. The quantitative estimate of drug-likeness (QED) is 0.502. The lowest BCUT2D eigenvalue weighted by Gasteiger charge is -2.00. The summed E-state index contributed by atoms with van der Waals surface area (Å²) in [6.07, 6.45) is 1.59. The van der Waals surface area contributed by atoms with Crippen molar-refractivity contribution in [1.29, 1.82) is 0 Å². The van der Waals surface area contributed by atoms with Crippen LogP contribution in [0.15, 0.2) is 46.0 Å². The second kappa shape index (κ2) is 6.18. The van der Waals surface area contributed by atoms with Crippen LogP contribution in [0.25, 0.3) is 0 Å². The number of anilines is 1. The molecule has 0 spiro atoms. The number of rotatable bonds is 3. The van der Waals surface area contributed by atoms with Crippen molar-refractivity contribution in [2.45, 2.75) is 0 Å². The van der Waals surface area contributed by atoms with Crippen LogP contribution in [-0.4, -0.2) is 11.2 Å². The number of nitrogens with one attached hydrogen (secondary N) is 1. The predicted octanol–water partition coefficient (Wildman–Crippen LogP) is 4.60. The third-order valence-electron chi connectivity index (χ3n) is 2.09. The Bertz CT molecular complexity index is 570. The zero-order valence-corrected chi connectivity index (χ0v) is 12.2. The first-order chi connectivity index (χ1) is 8.65. The lowest BCUT2D eigenvalue weighted by atomic mass is 10.3. The largest absolute Gasteiger partial charge is 0.279 e. The lowest BCUT2D eigenvalue weighted by molar-refractivity contribution is 1.30. The molecule has 0 atom stereocenters. The van der Waals surface area contributed by atoms with Gasteiger partial charge in [-0.25, -0.2) is 4.98 Å². The van der Waals surface area contributed by atoms with Crippen LogP contribution >= 0.6 is 39.1 Å². The van der Waals surface area contributed by atoms with E-state index in [1.54, 1.807) is 18.3 Å². The molecule has 0 saturated carbocycles. The Labute approximate surface area is 123 Å². The molecule has 0 amide bonds. The highest BCUT2D eigenvalue weighted by Gasteiger charge is 1.99. The molecule has 6 heteroatoms. The van der Waals surface area contributed by atoms with Crippen LogP contribution in [0.5, 0.6) is 0 Å². The molecule has 92 valence electrons. The first-order valence-electron chi connectivity index (χ1n) is 5.02. The molecule has 0 aliphatic heterocycles. The van der Waals surface area contributed by atoms with Gasteiger partial charge in [-0.1, -0.05) is 39.1 Å². The number of hydrazone groups is 1. The van der Waals surface area contributed by atoms with Gasteiger partial charge in [0, 0.05) is 10.0 Å². The average molecular weight is 345 g/mol. The first-order valence-corrected chi connectivity index (χ1v) is 6.57. The molecule has 1 heterocycles. The van der Waals surface area contributed by atoms with Gasteiger partial charge in [-0.05, 0) is 36.4 Å². The molecule has 0 aliphatic rings. The second-order valence-corrected chi connectivity index (χ2v) is 5.05. The average Bonchev–Trinajstić information content (AvgIpc) is 2.34. The van der Waals surface area contributed by atoms with E-state index in [1.807, 2.05) is 24.3 Å². The second-order valence-electron chi connectivity index (χ2n) is 3.39. The summed E-state index contributed by atoms with van der Waals surface area (Å²) in [5.41, 5.74) is 4.47. The SMILES string of the molecule is Clc1ccc(C=NNc2ccc(Br)cc2)c(Cl)n1. The van der Waals surface area contributed by atoms with E-state index in [9.17, 15) is 0 Å². The summed E-state index contributed by atoms with van der Waals surface area (Å²) >= 11 is 15.0. The number of aromatic nitrogens is 1. The fourth-order valence-corrected chi connectivity index (χ4v) is 1.88. The van der Waals surface area contributed by atoms with Crippen molar-refractivity contribution in [3.05, 3.63) is 56.7 Å². The highest BCUT2D eigenvalue weighted by atomic mass is 79.9. The molecular weight excluding hydrogens is 337 g/mol. The van der Waals surface area contributed by atoms with E-state index < -0.39 is 0 Å². The van der Waals surface area contributed by atoms with E-state index in [1.165, 1.54) is 0 Å². The van der Waals surface area contributed by atoms with Gasteiger partial charge in [0.15, 0.2) is 0 Å². The van der Waals surface area contributed by atoms with Gasteiger partial charge in [0.2, 0.25) is 0 Å². The Kier molecular flexibility index (Phi) is 4.58. The van der Waals surface area contributed by atoms with Crippen molar-refractivity contribution in [1.82, 2.24) is 4.98 Å². The minimum absolute atomic E-state index is 0.323. The molecule has 0 fully saturated rings. The summed E-state index contributed by atoms with van der Waals surface area (Å²) in [6, 6.07) is 11.1. The molecule has 0 aliphatic carbocycles. The summed E-state index contributed by atoms with van der Waals surface area (Å²) in [4.78, 5) is 3.92. The highest BCUT2D eigenvalue weighted by molar-refractivity contribution is 9.10. The Morgan fingerprint density at radius 2 is 1.83 bits per heavy atom. The molecule has 0 saturated heterocycles. The molecule has 18 heavy (non-hydrogen) atoms. The highest BCUT2D eigenvalue weighted by Crippen LogP contribution is 2.16. The summed E-state index contributed by atoms with van der Waals surface area (Å²) in [5.74, 6) is 0. The van der Waals surface area contributed by atoms with Gasteiger partial charge in [0.25, 0.3) is 0 Å². The van der Waals surface area contributed by atoms with Gasteiger partial charge in [-0.15, -0.1) is 0 Å². The molecule has 2 rings (SSSR count). The normalized spacial score (nSPS) is 10.8. The maximum absolute atomic E-state index is 5.91. The Morgan fingerprint density at radius 3 is 2.50 bits per heavy atom. The predicted molar refractivity (Wildman–Crippen MR) is 79.6 cm³/mol. The number of halogens is 3. The summed E-state index contributed by atoms with van der Waals surface area (Å²) < 4.78 is 1.02. The summed E-state index contributed by atoms with van der Waals surface area (Å²) in [5, 5.41) is 4.76. The minimum Gasteiger partial charge on any atom is -0.279 e. The van der Waals surface area contributed by atoms with Crippen LogP contribution in [0, 0.1) is 0 Å². The van der Waals surface area contributed by atoms with E-state index >= 15 is 0 Å². The van der Waals surface area contributed by atoms with Gasteiger partial charge >= 0.3 is 0 Å².